The van der Waals surface area contributed by atoms with Gasteiger partial charge in [-0.1, -0.05) is 25.5 Å². The standard InChI is InChI=1S/C11H23N/c1-4-9-12-10-7-6-8-11(3)5-2/h8,12H,4-7,9-10H2,1-3H3/b11-8-. The van der Waals surface area contributed by atoms with E-state index in [4.69, 9.17) is 0 Å². The van der Waals surface area contributed by atoms with Crippen molar-refractivity contribution in [1.29, 1.82) is 0 Å². The predicted molar refractivity (Wildman–Crippen MR) is 56.4 cm³/mol. The lowest BCUT2D eigenvalue weighted by molar-refractivity contribution is 0.643. The largest absolute Gasteiger partial charge is 0.317 e. The highest BCUT2D eigenvalue weighted by molar-refractivity contribution is 4.96. The number of hydrogen-bond acceptors (Lipinski definition) is 1. The van der Waals surface area contributed by atoms with Gasteiger partial charge in [-0.15, -0.1) is 0 Å². The molecule has 1 N–H and O–H groups in total. The summed E-state index contributed by atoms with van der Waals surface area (Å²) in [4.78, 5) is 0. The zero-order valence-corrected chi connectivity index (χ0v) is 8.82. The highest BCUT2D eigenvalue weighted by Gasteiger charge is 1.86. The Hall–Kier alpha value is -0.300. The molecule has 0 spiro atoms. The van der Waals surface area contributed by atoms with E-state index in [1.54, 1.807) is 0 Å². The first kappa shape index (κ1) is 11.7. The average Bonchev–Trinajstić information content (AvgIpc) is 2.10. The van der Waals surface area contributed by atoms with Gasteiger partial charge in [0.05, 0.1) is 0 Å². The second-order valence-corrected chi connectivity index (χ2v) is 3.30. The Morgan fingerprint density at radius 1 is 1.25 bits per heavy atom. The Morgan fingerprint density at radius 2 is 2.00 bits per heavy atom. The van der Waals surface area contributed by atoms with Crippen molar-refractivity contribution in [2.24, 2.45) is 0 Å². The van der Waals surface area contributed by atoms with Crippen LogP contribution in [0.4, 0.5) is 0 Å². The smallest absolute Gasteiger partial charge is 0.00460 e. The van der Waals surface area contributed by atoms with Crippen molar-refractivity contribution in [3.05, 3.63) is 11.6 Å². The summed E-state index contributed by atoms with van der Waals surface area (Å²) in [7, 11) is 0. The first-order chi connectivity index (χ1) is 5.81. The summed E-state index contributed by atoms with van der Waals surface area (Å²) in [5.41, 5.74) is 1.52. The highest BCUT2D eigenvalue weighted by atomic mass is 14.8. The molecule has 0 unspecified atom stereocenters. The summed E-state index contributed by atoms with van der Waals surface area (Å²) >= 11 is 0. The minimum Gasteiger partial charge on any atom is -0.317 e. The maximum Gasteiger partial charge on any atom is -0.00460 e. The van der Waals surface area contributed by atoms with Crippen molar-refractivity contribution in [2.75, 3.05) is 13.1 Å². The number of unbranched alkanes of at least 4 members (excludes halogenated alkanes) is 1. The van der Waals surface area contributed by atoms with Gasteiger partial charge in [-0.25, -0.2) is 0 Å². The molecule has 72 valence electrons. The third-order valence-corrected chi connectivity index (χ3v) is 2.03. The Morgan fingerprint density at radius 3 is 2.58 bits per heavy atom. The molecule has 0 saturated carbocycles. The van der Waals surface area contributed by atoms with Crippen molar-refractivity contribution in [2.45, 2.75) is 46.5 Å². The molecule has 0 amide bonds. The molecule has 0 rings (SSSR count). The van der Waals surface area contributed by atoms with E-state index in [0.29, 0.717) is 0 Å². The molecule has 0 aliphatic rings. The molecular weight excluding hydrogens is 146 g/mol. The van der Waals surface area contributed by atoms with Crippen molar-refractivity contribution in [3.63, 3.8) is 0 Å². The summed E-state index contributed by atoms with van der Waals surface area (Å²) in [6.07, 6.45) is 7.30. The zero-order chi connectivity index (χ0) is 9.23. The quantitative estimate of drug-likeness (QED) is 0.456. The van der Waals surface area contributed by atoms with Crippen LogP contribution in [-0.4, -0.2) is 13.1 Å². The van der Waals surface area contributed by atoms with Gasteiger partial charge in [-0.05, 0) is 45.7 Å². The van der Waals surface area contributed by atoms with Crippen LogP contribution in [0.2, 0.25) is 0 Å². The van der Waals surface area contributed by atoms with E-state index >= 15 is 0 Å². The maximum atomic E-state index is 3.40. The number of hydrogen-bond donors (Lipinski definition) is 1. The third-order valence-electron chi connectivity index (χ3n) is 2.03. The van der Waals surface area contributed by atoms with E-state index in [1.807, 2.05) is 0 Å². The van der Waals surface area contributed by atoms with Crippen molar-refractivity contribution >= 4 is 0 Å². The monoisotopic (exact) mass is 169 g/mol. The fourth-order valence-electron chi connectivity index (χ4n) is 1.02. The van der Waals surface area contributed by atoms with Crippen LogP contribution in [0.1, 0.15) is 46.5 Å². The van der Waals surface area contributed by atoms with Crippen LogP contribution >= 0.6 is 0 Å². The molecule has 1 nitrogen and oxygen atoms in total. The van der Waals surface area contributed by atoms with Gasteiger partial charge in [0.2, 0.25) is 0 Å². The van der Waals surface area contributed by atoms with Crippen molar-refractivity contribution in [1.82, 2.24) is 5.32 Å². The highest BCUT2D eigenvalue weighted by Crippen LogP contribution is 2.01. The van der Waals surface area contributed by atoms with Crippen LogP contribution in [0.25, 0.3) is 0 Å². The Labute approximate surface area is 77.2 Å². The molecule has 0 fully saturated rings. The second kappa shape index (κ2) is 8.79. The summed E-state index contributed by atoms with van der Waals surface area (Å²) < 4.78 is 0. The van der Waals surface area contributed by atoms with Crippen LogP contribution in [0.3, 0.4) is 0 Å². The van der Waals surface area contributed by atoms with Gasteiger partial charge in [-0.2, -0.15) is 0 Å². The topological polar surface area (TPSA) is 12.0 Å². The van der Waals surface area contributed by atoms with Crippen LogP contribution < -0.4 is 5.32 Å². The van der Waals surface area contributed by atoms with Crippen molar-refractivity contribution < 1.29 is 0 Å². The fourth-order valence-corrected chi connectivity index (χ4v) is 1.02. The van der Waals surface area contributed by atoms with Gasteiger partial charge in [0, 0.05) is 0 Å². The molecule has 0 aromatic rings. The molecule has 1 heteroatoms. The van der Waals surface area contributed by atoms with Crippen LogP contribution in [0, 0.1) is 0 Å². The Balaban J connectivity index is 3.10. The molecule has 0 aromatic carbocycles. The lowest BCUT2D eigenvalue weighted by atomic mass is 10.2. The minimum atomic E-state index is 1.16. The van der Waals surface area contributed by atoms with E-state index in [2.05, 4.69) is 32.2 Å². The molecule has 0 heterocycles. The molecule has 0 aliphatic carbocycles. The summed E-state index contributed by atoms with van der Waals surface area (Å²) in [5, 5.41) is 3.40. The molecule has 0 bridgehead atoms. The van der Waals surface area contributed by atoms with Crippen LogP contribution in [0.5, 0.6) is 0 Å². The SMILES string of the molecule is CCCNCCC/C=C(/C)CC. The van der Waals surface area contributed by atoms with E-state index in [0.717, 1.165) is 6.54 Å². The van der Waals surface area contributed by atoms with Gasteiger partial charge < -0.3 is 5.32 Å². The van der Waals surface area contributed by atoms with Crippen LogP contribution in [0.15, 0.2) is 11.6 Å². The number of nitrogens with one attached hydrogen (secondary N) is 1. The Kier molecular flexibility index (Phi) is 8.57. The lowest BCUT2D eigenvalue weighted by Gasteiger charge is -2.00. The first-order valence-corrected chi connectivity index (χ1v) is 5.17. The van der Waals surface area contributed by atoms with Crippen molar-refractivity contribution in [3.8, 4) is 0 Å². The molecular formula is C11H23N. The van der Waals surface area contributed by atoms with E-state index in [-0.39, 0.29) is 0 Å². The minimum absolute atomic E-state index is 1.16. The fraction of sp³-hybridized carbons (Fsp3) is 0.818. The maximum absolute atomic E-state index is 3.40. The molecule has 0 aliphatic heterocycles. The summed E-state index contributed by atoms with van der Waals surface area (Å²) in [5.74, 6) is 0. The van der Waals surface area contributed by atoms with E-state index < -0.39 is 0 Å². The molecule has 0 radical (unpaired) electrons. The normalized spacial score (nSPS) is 12.1. The second-order valence-electron chi connectivity index (χ2n) is 3.30. The van der Waals surface area contributed by atoms with Gasteiger partial charge in [0.15, 0.2) is 0 Å². The Bertz CT molecular complexity index is 116. The predicted octanol–water partition coefficient (Wildman–Crippen LogP) is 3.12. The van der Waals surface area contributed by atoms with Gasteiger partial charge in [0.1, 0.15) is 0 Å². The van der Waals surface area contributed by atoms with Gasteiger partial charge in [-0.3, -0.25) is 0 Å². The molecule has 0 atom stereocenters. The molecule has 0 saturated heterocycles. The lowest BCUT2D eigenvalue weighted by Crippen LogP contribution is -2.15. The summed E-state index contributed by atoms with van der Waals surface area (Å²) in [6, 6.07) is 0. The number of allylic oxidation sites excluding steroid dienone is 2. The molecule has 0 aromatic heterocycles. The van der Waals surface area contributed by atoms with E-state index in [9.17, 15) is 0 Å². The van der Waals surface area contributed by atoms with Crippen LogP contribution in [-0.2, 0) is 0 Å². The third kappa shape index (κ3) is 7.80. The van der Waals surface area contributed by atoms with Gasteiger partial charge >= 0.3 is 0 Å². The first-order valence-electron chi connectivity index (χ1n) is 5.17. The zero-order valence-electron chi connectivity index (χ0n) is 8.82. The summed E-state index contributed by atoms with van der Waals surface area (Å²) in [6.45, 7) is 8.95. The van der Waals surface area contributed by atoms with Gasteiger partial charge in [0.25, 0.3) is 0 Å². The van der Waals surface area contributed by atoms with E-state index in [1.165, 1.54) is 37.8 Å². The molecule has 12 heavy (non-hydrogen) atoms. The average molecular weight is 169 g/mol. The number of rotatable bonds is 7.